The number of nitrogens with zero attached hydrogens (tertiary/aromatic N) is 1. The summed E-state index contributed by atoms with van der Waals surface area (Å²) in [5.41, 5.74) is 1.57. The standard InChI is InChI=1S/C23H25N3O5/c1-16(14-24)12-20(22(28)29)25-21(27)19(13-17-8-4-2-5-9-17)26-23(30)31-15-18-10-6-3-7-11-18/h2-11,16,19-20H,12-13,15H2,1H3,(H,25,27)(H,26,30)(H,28,29)/t16-,19+,20+/m1/s1. The molecule has 2 aromatic carbocycles. The van der Waals surface area contributed by atoms with Gasteiger partial charge in [0.15, 0.2) is 0 Å². The predicted molar refractivity (Wildman–Crippen MR) is 113 cm³/mol. The zero-order valence-electron chi connectivity index (χ0n) is 17.2. The van der Waals surface area contributed by atoms with E-state index < -0.39 is 36.0 Å². The van der Waals surface area contributed by atoms with Gasteiger partial charge >= 0.3 is 12.1 Å². The molecule has 0 aliphatic heterocycles. The lowest BCUT2D eigenvalue weighted by molar-refractivity contribution is -0.142. The van der Waals surface area contributed by atoms with Crippen LogP contribution in [0.25, 0.3) is 0 Å². The van der Waals surface area contributed by atoms with Crippen LogP contribution in [0.4, 0.5) is 4.79 Å². The van der Waals surface area contributed by atoms with Crippen LogP contribution in [-0.4, -0.2) is 35.2 Å². The first-order chi connectivity index (χ1) is 14.9. The van der Waals surface area contributed by atoms with Crippen LogP contribution in [-0.2, 0) is 27.4 Å². The molecule has 0 heterocycles. The molecule has 0 aliphatic carbocycles. The average molecular weight is 423 g/mol. The molecule has 0 fully saturated rings. The van der Waals surface area contributed by atoms with E-state index in [-0.39, 0.29) is 19.4 Å². The summed E-state index contributed by atoms with van der Waals surface area (Å²) in [7, 11) is 0. The number of amides is 2. The minimum absolute atomic E-state index is 0.0315. The molecular weight excluding hydrogens is 398 g/mol. The van der Waals surface area contributed by atoms with Gasteiger partial charge in [0.1, 0.15) is 18.7 Å². The lowest BCUT2D eigenvalue weighted by Crippen LogP contribution is -2.52. The molecule has 31 heavy (non-hydrogen) atoms. The van der Waals surface area contributed by atoms with Crippen LogP contribution in [0, 0.1) is 17.2 Å². The monoisotopic (exact) mass is 423 g/mol. The third-order valence-corrected chi connectivity index (χ3v) is 4.53. The number of carbonyl (C=O) groups excluding carboxylic acids is 2. The summed E-state index contributed by atoms with van der Waals surface area (Å²) in [6.07, 6.45) is -0.696. The molecular formula is C23H25N3O5. The van der Waals surface area contributed by atoms with Crippen molar-refractivity contribution >= 4 is 18.0 Å². The van der Waals surface area contributed by atoms with Crippen molar-refractivity contribution in [3.05, 3.63) is 71.8 Å². The Labute approximate surface area is 180 Å². The summed E-state index contributed by atoms with van der Waals surface area (Å²) in [5.74, 6) is -2.48. The number of nitrogens with one attached hydrogen (secondary N) is 2. The molecule has 0 aliphatic rings. The Morgan fingerprint density at radius 3 is 2.10 bits per heavy atom. The Bertz CT molecular complexity index is 912. The molecule has 0 unspecified atom stereocenters. The summed E-state index contributed by atoms with van der Waals surface area (Å²) in [5, 5.41) is 23.3. The number of hydrogen-bond donors (Lipinski definition) is 3. The molecule has 0 bridgehead atoms. The van der Waals surface area contributed by atoms with Crippen LogP contribution in [0.1, 0.15) is 24.5 Å². The van der Waals surface area contributed by atoms with E-state index in [2.05, 4.69) is 10.6 Å². The highest BCUT2D eigenvalue weighted by molar-refractivity contribution is 5.89. The summed E-state index contributed by atoms with van der Waals surface area (Å²) < 4.78 is 5.19. The van der Waals surface area contributed by atoms with Crippen molar-refractivity contribution in [2.24, 2.45) is 5.92 Å². The average Bonchev–Trinajstić information content (AvgIpc) is 2.78. The minimum Gasteiger partial charge on any atom is -0.480 e. The second-order valence-corrected chi connectivity index (χ2v) is 7.11. The van der Waals surface area contributed by atoms with E-state index in [1.165, 1.54) is 0 Å². The molecule has 0 spiro atoms. The number of aliphatic carboxylic acids is 1. The number of carboxylic acids is 1. The number of ether oxygens (including phenoxy) is 1. The smallest absolute Gasteiger partial charge is 0.408 e. The summed E-state index contributed by atoms with van der Waals surface area (Å²) in [6.45, 7) is 1.60. The molecule has 8 heteroatoms. The van der Waals surface area contributed by atoms with Gasteiger partial charge in [-0.1, -0.05) is 60.7 Å². The van der Waals surface area contributed by atoms with Crippen molar-refractivity contribution in [3.63, 3.8) is 0 Å². The number of nitriles is 1. The molecule has 0 aromatic heterocycles. The SMILES string of the molecule is C[C@@H](C#N)C[C@H](NC(=O)[C@H](Cc1ccccc1)NC(=O)OCc1ccccc1)C(=O)O. The van der Waals surface area contributed by atoms with Crippen LogP contribution in [0.5, 0.6) is 0 Å². The zero-order valence-corrected chi connectivity index (χ0v) is 17.2. The van der Waals surface area contributed by atoms with E-state index in [4.69, 9.17) is 10.00 Å². The third kappa shape index (κ3) is 8.19. The molecule has 3 N–H and O–H groups in total. The van der Waals surface area contributed by atoms with Crippen molar-refractivity contribution in [3.8, 4) is 6.07 Å². The van der Waals surface area contributed by atoms with Crippen molar-refractivity contribution in [2.45, 2.75) is 38.5 Å². The Hall–Kier alpha value is -3.86. The third-order valence-electron chi connectivity index (χ3n) is 4.53. The Morgan fingerprint density at radius 1 is 0.968 bits per heavy atom. The van der Waals surface area contributed by atoms with Crippen LogP contribution in [0.15, 0.2) is 60.7 Å². The van der Waals surface area contributed by atoms with Gasteiger partial charge in [-0.05, 0) is 24.5 Å². The van der Waals surface area contributed by atoms with Gasteiger partial charge in [-0.2, -0.15) is 5.26 Å². The Balaban J connectivity index is 2.07. The molecule has 0 radical (unpaired) electrons. The molecule has 3 atom stereocenters. The van der Waals surface area contributed by atoms with E-state index >= 15 is 0 Å². The first-order valence-corrected chi connectivity index (χ1v) is 9.83. The molecule has 2 rings (SSSR count). The lowest BCUT2D eigenvalue weighted by Gasteiger charge is -2.22. The minimum atomic E-state index is -1.25. The number of carbonyl (C=O) groups is 3. The number of alkyl carbamates (subject to hydrolysis) is 1. The lowest BCUT2D eigenvalue weighted by atomic mass is 10.0. The van der Waals surface area contributed by atoms with Crippen LogP contribution < -0.4 is 10.6 Å². The highest BCUT2D eigenvalue weighted by atomic mass is 16.5. The maximum absolute atomic E-state index is 12.8. The number of hydrogen-bond acceptors (Lipinski definition) is 5. The van der Waals surface area contributed by atoms with E-state index in [1.54, 1.807) is 43.3 Å². The molecule has 8 nitrogen and oxygen atoms in total. The quantitative estimate of drug-likeness (QED) is 0.539. The van der Waals surface area contributed by atoms with Gasteiger partial charge in [-0.15, -0.1) is 0 Å². The molecule has 2 amide bonds. The van der Waals surface area contributed by atoms with Crippen molar-refractivity contribution in [1.29, 1.82) is 5.26 Å². The zero-order chi connectivity index (χ0) is 22.6. The van der Waals surface area contributed by atoms with E-state index in [0.717, 1.165) is 11.1 Å². The highest BCUT2D eigenvalue weighted by Crippen LogP contribution is 2.08. The maximum Gasteiger partial charge on any atom is 0.408 e. The highest BCUT2D eigenvalue weighted by Gasteiger charge is 2.28. The normalized spacial score (nSPS) is 13.2. The fourth-order valence-corrected chi connectivity index (χ4v) is 2.87. The second-order valence-electron chi connectivity index (χ2n) is 7.11. The van der Waals surface area contributed by atoms with Crippen molar-refractivity contribution in [1.82, 2.24) is 10.6 Å². The predicted octanol–water partition coefficient (Wildman–Crippen LogP) is 2.64. The largest absolute Gasteiger partial charge is 0.480 e. The van der Waals surface area contributed by atoms with Gasteiger partial charge in [0.2, 0.25) is 5.91 Å². The maximum atomic E-state index is 12.8. The molecule has 0 saturated carbocycles. The van der Waals surface area contributed by atoms with Crippen molar-refractivity contribution < 1.29 is 24.2 Å². The van der Waals surface area contributed by atoms with Crippen molar-refractivity contribution in [2.75, 3.05) is 0 Å². The number of rotatable bonds is 10. The second kappa shape index (κ2) is 12.0. The van der Waals surface area contributed by atoms with Crippen LogP contribution in [0.2, 0.25) is 0 Å². The fraction of sp³-hybridized carbons (Fsp3) is 0.304. The first-order valence-electron chi connectivity index (χ1n) is 9.83. The van der Waals surface area contributed by atoms with Gasteiger partial charge in [0, 0.05) is 12.3 Å². The summed E-state index contributed by atoms with van der Waals surface area (Å²) in [4.78, 5) is 36.6. The van der Waals surface area contributed by atoms with E-state index in [0.29, 0.717) is 0 Å². The van der Waals surface area contributed by atoms with Crippen LogP contribution in [0.3, 0.4) is 0 Å². The van der Waals surface area contributed by atoms with Gasteiger partial charge in [0.25, 0.3) is 0 Å². The van der Waals surface area contributed by atoms with Gasteiger partial charge in [-0.25, -0.2) is 9.59 Å². The summed E-state index contributed by atoms with van der Waals surface area (Å²) >= 11 is 0. The number of benzene rings is 2. The van der Waals surface area contributed by atoms with Gasteiger partial charge in [-0.3, -0.25) is 4.79 Å². The molecule has 162 valence electrons. The van der Waals surface area contributed by atoms with Crippen LogP contribution >= 0.6 is 0 Å². The first kappa shape index (κ1) is 23.4. The Morgan fingerprint density at radius 2 is 1.55 bits per heavy atom. The van der Waals surface area contributed by atoms with Gasteiger partial charge in [0.05, 0.1) is 6.07 Å². The molecule has 0 saturated heterocycles. The number of carboxylic acid groups (broad SMARTS) is 1. The topological polar surface area (TPSA) is 129 Å². The fourth-order valence-electron chi connectivity index (χ4n) is 2.87. The van der Waals surface area contributed by atoms with Gasteiger partial charge < -0.3 is 20.5 Å². The summed E-state index contributed by atoms with van der Waals surface area (Å²) in [6, 6.07) is 17.7. The van der Waals surface area contributed by atoms with E-state index in [1.807, 2.05) is 30.3 Å². The Kier molecular flexibility index (Phi) is 9.05. The molecule has 2 aromatic rings. The van der Waals surface area contributed by atoms with E-state index in [9.17, 15) is 19.5 Å².